The molecule has 3 rings (SSSR count). The van der Waals surface area contributed by atoms with Crippen molar-refractivity contribution < 1.29 is 13.2 Å². The van der Waals surface area contributed by atoms with Crippen LogP contribution < -0.4 is 0 Å². The number of rotatable bonds is 1. The summed E-state index contributed by atoms with van der Waals surface area (Å²) in [5.41, 5.74) is 0. The molecule has 1 aromatic heterocycles. The molecule has 1 fully saturated rings. The van der Waals surface area contributed by atoms with E-state index >= 15 is 0 Å². The molecule has 0 spiro atoms. The van der Waals surface area contributed by atoms with Gasteiger partial charge in [0, 0.05) is 5.33 Å². The zero-order valence-electron chi connectivity index (χ0n) is 8.26. The SMILES string of the molecule is O=S1(=O)c2cc(Br)sc2N=C2OC(CBr)CN21. The third-order valence-electron chi connectivity index (χ3n) is 2.44. The maximum atomic E-state index is 12.3. The van der Waals surface area contributed by atoms with E-state index in [0.717, 1.165) is 3.79 Å². The Morgan fingerprint density at radius 3 is 3.12 bits per heavy atom. The van der Waals surface area contributed by atoms with E-state index in [-0.39, 0.29) is 17.0 Å². The van der Waals surface area contributed by atoms with Crippen LogP contribution >= 0.6 is 43.2 Å². The van der Waals surface area contributed by atoms with Crippen molar-refractivity contribution in [3.8, 4) is 0 Å². The van der Waals surface area contributed by atoms with E-state index in [0.29, 0.717) is 16.9 Å². The lowest BCUT2D eigenvalue weighted by Crippen LogP contribution is -2.35. The third kappa shape index (κ3) is 1.74. The Morgan fingerprint density at radius 2 is 2.41 bits per heavy atom. The Kier molecular flexibility index (Phi) is 2.77. The number of amidine groups is 1. The summed E-state index contributed by atoms with van der Waals surface area (Å²) >= 11 is 7.83. The van der Waals surface area contributed by atoms with Crippen molar-refractivity contribution >= 4 is 64.2 Å². The highest BCUT2D eigenvalue weighted by molar-refractivity contribution is 9.11. The highest BCUT2D eigenvalue weighted by Gasteiger charge is 2.43. The van der Waals surface area contributed by atoms with Gasteiger partial charge in [-0.25, -0.2) is 12.7 Å². The summed E-state index contributed by atoms with van der Waals surface area (Å²) in [6.07, 6.45) is -0.180. The molecule has 0 aromatic carbocycles. The minimum atomic E-state index is -3.50. The lowest BCUT2D eigenvalue weighted by molar-refractivity contribution is 0.258. The monoisotopic (exact) mass is 400 g/mol. The Labute approximate surface area is 119 Å². The van der Waals surface area contributed by atoms with Crippen LogP contribution in [-0.2, 0) is 14.8 Å². The number of aliphatic imine (C=N–C) groups is 1. The van der Waals surface area contributed by atoms with Gasteiger partial charge < -0.3 is 4.74 Å². The van der Waals surface area contributed by atoms with E-state index in [2.05, 4.69) is 36.9 Å². The van der Waals surface area contributed by atoms with Crippen LogP contribution in [0.2, 0.25) is 0 Å². The van der Waals surface area contributed by atoms with Crippen LogP contribution in [0.25, 0.3) is 0 Å². The van der Waals surface area contributed by atoms with Crippen molar-refractivity contribution in [3.05, 3.63) is 9.85 Å². The van der Waals surface area contributed by atoms with E-state index in [1.165, 1.54) is 15.6 Å². The van der Waals surface area contributed by atoms with Crippen LogP contribution in [0.15, 0.2) is 19.7 Å². The molecule has 17 heavy (non-hydrogen) atoms. The smallest absolute Gasteiger partial charge is 0.308 e. The molecular formula is C8H6Br2N2O3S2. The average molecular weight is 402 g/mol. The summed E-state index contributed by atoms with van der Waals surface area (Å²) in [5, 5.41) is 1.05. The first-order valence-corrected chi connectivity index (χ1v) is 8.83. The summed E-state index contributed by atoms with van der Waals surface area (Å²) in [6, 6.07) is 1.76. The van der Waals surface area contributed by atoms with Crippen LogP contribution in [0.1, 0.15) is 0 Å². The maximum absolute atomic E-state index is 12.3. The van der Waals surface area contributed by atoms with Crippen molar-refractivity contribution in [1.82, 2.24) is 4.31 Å². The zero-order valence-corrected chi connectivity index (χ0v) is 13.1. The van der Waals surface area contributed by atoms with Crippen molar-refractivity contribution in [3.63, 3.8) is 0 Å². The number of hydrogen-bond donors (Lipinski definition) is 0. The summed E-state index contributed by atoms with van der Waals surface area (Å²) in [6.45, 7) is 0.305. The largest absolute Gasteiger partial charge is 0.458 e. The predicted molar refractivity (Wildman–Crippen MR) is 71.7 cm³/mol. The Bertz CT molecular complexity index is 610. The number of hydrogen-bond acceptors (Lipinski definition) is 5. The van der Waals surface area contributed by atoms with Crippen LogP contribution in [0.5, 0.6) is 0 Å². The summed E-state index contributed by atoms with van der Waals surface area (Å²) < 4.78 is 32.0. The minimum Gasteiger partial charge on any atom is -0.458 e. The van der Waals surface area contributed by atoms with Crippen molar-refractivity contribution in [2.24, 2.45) is 4.99 Å². The topological polar surface area (TPSA) is 59.0 Å². The number of ether oxygens (including phenoxy) is 1. The first kappa shape index (κ1) is 11.9. The first-order valence-electron chi connectivity index (χ1n) is 4.66. The van der Waals surface area contributed by atoms with E-state index in [1.807, 2.05) is 0 Å². The van der Waals surface area contributed by atoms with E-state index in [1.54, 1.807) is 6.07 Å². The van der Waals surface area contributed by atoms with Crippen molar-refractivity contribution in [1.29, 1.82) is 0 Å². The summed E-state index contributed by atoms with van der Waals surface area (Å²) in [7, 11) is -3.50. The Morgan fingerprint density at radius 1 is 1.65 bits per heavy atom. The van der Waals surface area contributed by atoms with Gasteiger partial charge in [0.25, 0.3) is 10.0 Å². The molecule has 2 aliphatic rings. The van der Waals surface area contributed by atoms with Gasteiger partial charge in [0.05, 0.1) is 10.3 Å². The van der Waals surface area contributed by atoms with Crippen LogP contribution in [-0.4, -0.2) is 36.7 Å². The predicted octanol–water partition coefficient (Wildman–Crippen LogP) is 2.30. The van der Waals surface area contributed by atoms with Gasteiger partial charge in [-0.1, -0.05) is 15.9 Å². The first-order chi connectivity index (χ1) is 8.02. The summed E-state index contributed by atoms with van der Waals surface area (Å²) in [5.74, 6) is 0. The molecule has 1 unspecified atom stereocenters. The van der Waals surface area contributed by atoms with Gasteiger partial charge in [-0.2, -0.15) is 4.99 Å². The molecule has 2 aliphatic heterocycles. The average Bonchev–Trinajstić information content (AvgIpc) is 2.82. The number of halogens is 2. The molecule has 9 heteroatoms. The summed E-state index contributed by atoms with van der Waals surface area (Å²) in [4.78, 5) is 4.48. The molecule has 0 saturated carbocycles. The zero-order chi connectivity index (χ0) is 12.2. The third-order valence-corrected chi connectivity index (χ3v) is 6.58. The van der Waals surface area contributed by atoms with Gasteiger partial charge >= 0.3 is 6.02 Å². The minimum absolute atomic E-state index is 0.177. The molecule has 1 atom stereocenters. The molecule has 1 saturated heterocycles. The number of nitrogens with zero attached hydrogens (tertiary/aromatic N) is 2. The van der Waals surface area contributed by atoms with Crippen LogP contribution in [0.4, 0.5) is 5.00 Å². The van der Waals surface area contributed by atoms with Gasteiger partial charge in [0.1, 0.15) is 16.0 Å². The molecule has 5 nitrogen and oxygen atoms in total. The van der Waals surface area contributed by atoms with Gasteiger partial charge in [-0.15, -0.1) is 11.3 Å². The number of sulfonamides is 1. The Balaban J connectivity index is 2.15. The molecule has 92 valence electrons. The normalized spacial score (nSPS) is 24.9. The second kappa shape index (κ2) is 3.94. The van der Waals surface area contributed by atoms with Crippen molar-refractivity contribution in [2.45, 2.75) is 11.0 Å². The quantitative estimate of drug-likeness (QED) is 0.678. The standard InChI is InChI=1S/C8H6Br2N2O3S2/c9-2-4-3-12-8(15-4)11-7-5(17(12,13)14)1-6(10)16-7/h1,4H,2-3H2. The fraction of sp³-hybridized carbons (Fsp3) is 0.375. The molecule has 0 amide bonds. The van der Waals surface area contributed by atoms with Gasteiger partial charge in [-0.3, -0.25) is 0 Å². The van der Waals surface area contributed by atoms with E-state index in [4.69, 9.17) is 4.74 Å². The number of thiophene rings is 1. The molecule has 3 heterocycles. The molecule has 0 radical (unpaired) electrons. The molecule has 0 aliphatic carbocycles. The fourth-order valence-corrected chi connectivity index (χ4v) is 5.44. The maximum Gasteiger partial charge on any atom is 0.308 e. The van der Waals surface area contributed by atoms with Gasteiger partial charge in [0.2, 0.25) is 0 Å². The Hall–Kier alpha value is -0.120. The molecule has 0 N–H and O–H groups in total. The highest BCUT2D eigenvalue weighted by Crippen LogP contribution is 2.43. The highest BCUT2D eigenvalue weighted by atomic mass is 79.9. The van der Waals surface area contributed by atoms with Crippen molar-refractivity contribution in [2.75, 3.05) is 11.9 Å². The van der Waals surface area contributed by atoms with Crippen LogP contribution in [0, 0.1) is 0 Å². The second-order valence-corrected chi connectivity index (χ2v) is 8.43. The van der Waals surface area contributed by atoms with E-state index in [9.17, 15) is 8.42 Å². The number of fused-ring (bicyclic) bond motifs is 2. The second-order valence-electron chi connectivity index (χ2n) is 3.54. The molecule has 0 bridgehead atoms. The number of alkyl halides is 1. The van der Waals surface area contributed by atoms with E-state index < -0.39 is 10.0 Å². The van der Waals surface area contributed by atoms with Gasteiger partial charge in [0.15, 0.2) is 0 Å². The van der Waals surface area contributed by atoms with Gasteiger partial charge in [-0.05, 0) is 22.0 Å². The lowest BCUT2D eigenvalue weighted by atomic mass is 10.4. The van der Waals surface area contributed by atoms with Crippen LogP contribution in [0.3, 0.4) is 0 Å². The molecular weight excluding hydrogens is 396 g/mol. The molecule has 1 aromatic rings. The lowest BCUT2D eigenvalue weighted by Gasteiger charge is -2.19. The fourth-order valence-electron chi connectivity index (χ4n) is 1.68.